The van der Waals surface area contributed by atoms with Crippen LogP contribution in [-0.2, 0) is 14.3 Å². The van der Waals surface area contributed by atoms with Gasteiger partial charge in [0.1, 0.15) is 12.6 Å². The lowest BCUT2D eigenvalue weighted by atomic mass is 9.35. The smallest absolute Gasteiger partial charge is 0.323 e. The zero-order chi connectivity index (χ0) is 25.6. The Morgan fingerprint density at radius 3 is 2.37 bits per heavy atom. The molecule has 5 heteroatoms. The van der Waals surface area contributed by atoms with Crippen molar-refractivity contribution in [1.29, 1.82) is 0 Å². The predicted molar refractivity (Wildman–Crippen MR) is 140 cm³/mol. The number of carbonyl (C=O) groups excluding carboxylic acids is 2. The first-order chi connectivity index (χ1) is 16.4. The number of rotatable bonds is 8. The normalized spacial score (nSPS) is 45.7. The lowest BCUT2D eigenvalue weighted by molar-refractivity contribution is -0.211. The molecule has 200 valence electrons. The fourth-order valence-electron chi connectivity index (χ4n) is 9.97. The van der Waals surface area contributed by atoms with Crippen molar-refractivity contribution < 1.29 is 14.3 Å². The van der Waals surface area contributed by atoms with Crippen LogP contribution >= 0.6 is 0 Å². The molecule has 9 atom stereocenters. The highest BCUT2D eigenvalue weighted by Gasteiger charge is 2.71. The Kier molecular flexibility index (Phi) is 7.54. The minimum atomic E-state index is -0.665. The van der Waals surface area contributed by atoms with E-state index in [1.165, 1.54) is 38.5 Å². The summed E-state index contributed by atoms with van der Waals surface area (Å²) in [6, 6.07) is -0.665. The van der Waals surface area contributed by atoms with Crippen molar-refractivity contribution in [3.8, 4) is 0 Å². The number of nitrogens with two attached hydrogens (primary N) is 2. The third-order valence-corrected chi connectivity index (χ3v) is 12.6. The molecular weight excluding hydrogens is 436 g/mol. The number of hydrogen-bond donors (Lipinski definition) is 2. The summed E-state index contributed by atoms with van der Waals surface area (Å²) >= 11 is 0. The van der Waals surface area contributed by atoms with Crippen LogP contribution in [0.4, 0.5) is 0 Å². The maximum absolute atomic E-state index is 13.5. The molecular formula is C30H52N2O3. The van der Waals surface area contributed by atoms with E-state index in [1.54, 1.807) is 0 Å². The van der Waals surface area contributed by atoms with Crippen LogP contribution in [-0.4, -0.2) is 30.9 Å². The summed E-state index contributed by atoms with van der Waals surface area (Å²) in [6.45, 7) is 13.0. The van der Waals surface area contributed by atoms with Gasteiger partial charge in [0.2, 0.25) is 0 Å². The van der Waals surface area contributed by atoms with Gasteiger partial charge in [0.05, 0.1) is 0 Å². The van der Waals surface area contributed by atoms with Crippen molar-refractivity contribution in [2.75, 3.05) is 13.2 Å². The van der Waals surface area contributed by atoms with Crippen molar-refractivity contribution >= 4 is 11.8 Å². The van der Waals surface area contributed by atoms with Crippen LogP contribution < -0.4 is 11.5 Å². The Morgan fingerprint density at radius 1 is 0.943 bits per heavy atom. The molecule has 0 spiro atoms. The summed E-state index contributed by atoms with van der Waals surface area (Å²) in [6.07, 6.45) is 13.4. The van der Waals surface area contributed by atoms with Gasteiger partial charge in [-0.3, -0.25) is 9.59 Å². The summed E-state index contributed by atoms with van der Waals surface area (Å²) in [4.78, 5) is 25.9. The van der Waals surface area contributed by atoms with E-state index in [-0.39, 0.29) is 34.6 Å². The van der Waals surface area contributed by atoms with Crippen molar-refractivity contribution in [2.45, 2.75) is 118 Å². The molecule has 0 aromatic carbocycles. The third-order valence-electron chi connectivity index (χ3n) is 12.6. The van der Waals surface area contributed by atoms with E-state index in [0.717, 1.165) is 49.9 Å². The lowest BCUT2D eigenvalue weighted by Gasteiger charge is -2.70. The van der Waals surface area contributed by atoms with Crippen LogP contribution in [0.5, 0.6) is 0 Å². The molecule has 0 aromatic heterocycles. The summed E-state index contributed by atoms with van der Waals surface area (Å²) in [5.74, 6) is 2.11. The highest BCUT2D eigenvalue weighted by Crippen LogP contribution is 2.77. The first kappa shape index (κ1) is 27.1. The van der Waals surface area contributed by atoms with Gasteiger partial charge < -0.3 is 16.2 Å². The van der Waals surface area contributed by atoms with E-state index in [2.05, 4.69) is 34.6 Å². The molecule has 4 aliphatic carbocycles. The average Bonchev–Trinajstić information content (AvgIpc) is 3.10. The summed E-state index contributed by atoms with van der Waals surface area (Å²) < 4.78 is 5.45. The molecule has 35 heavy (non-hydrogen) atoms. The lowest BCUT2D eigenvalue weighted by Crippen LogP contribution is -2.63. The quantitative estimate of drug-likeness (QED) is 0.341. The highest BCUT2D eigenvalue weighted by molar-refractivity contribution is 5.86. The van der Waals surface area contributed by atoms with Gasteiger partial charge in [-0.25, -0.2) is 0 Å². The molecule has 3 unspecified atom stereocenters. The van der Waals surface area contributed by atoms with E-state index in [9.17, 15) is 9.59 Å². The molecule has 5 nitrogen and oxygen atoms in total. The fraction of sp³-hybridized carbons (Fsp3) is 0.933. The zero-order valence-corrected chi connectivity index (χ0v) is 23.2. The second-order valence-corrected chi connectivity index (χ2v) is 13.9. The molecule has 0 heterocycles. The summed E-state index contributed by atoms with van der Waals surface area (Å²) in [5, 5.41) is 0. The second-order valence-electron chi connectivity index (χ2n) is 13.9. The summed E-state index contributed by atoms with van der Waals surface area (Å²) in [7, 11) is 0. The van der Waals surface area contributed by atoms with Crippen LogP contribution in [0.3, 0.4) is 0 Å². The van der Waals surface area contributed by atoms with Crippen molar-refractivity contribution in [3.63, 3.8) is 0 Å². The van der Waals surface area contributed by atoms with Gasteiger partial charge >= 0.3 is 5.97 Å². The van der Waals surface area contributed by atoms with Crippen molar-refractivity contribution in [3.05, 3.63) is 0 Å². The number of Topliss-reactive ketones (excluding diaryl/α,β-unsaturated/α-hetero) is 1. The average molecular weight is 489 g/mol. The zero-order valence-electron chi connectivity index (χ0n) is 23.2. The Bertz CT molecular complexity index is 815. The second kappa shape index (κ2) is 9.74. The molecule has 4 saturated carbocycles. The standard InChI is InChI=1S/C30H52N2O3/c1-20-9-13-27(2)21(18-20)10-14-29(4)25(27)12-15-28(3)22(11-16-30(28,29)5)24(33)19-35-26(34)23(32)8-6-7-17-31/h20-23,25H,6-19,31-32H2,1-5H3/t20-,21?,22+,23?,25?,27-,28+,29+,30+/m0/s1. The topological polar surface area (TPSA) is 95.4 Å². The predicted octanol–water partition coefficient (Wildman–Crippen LogP) is 5.63. The molecule has 0 radical (unpaired) electrons. The largest absolute Gasteiger partial charge is 0.457 e. The first-order valence-corrected chi connectivity index (χ1v) is 14.6. The van der Waals surface area contributed by atoms with Crippen LogP contribution in [0, 0.1) is 45.3 Å². The Labute approximate surface area is 213 Å². The molecule has 0 amide bonds. The number of carbonyl (C=O) groups is 2. The van der Waals surface area contributed by atoms with Crippen LogP contribution in [0.25, 0.3) is 0 Å². The molecule has 4 N–H and O–H groups in total. The SMILES string of the molecule is C[C@H]1CC[C@@]2(C)C(CC[C@]3(C)C2CC[C@]2(C)[C@@H](C(=O)COC(=O)C(N)CCCCN)CC[C@@]32C)C1. The summed E-state index contributed by atoms with van der Waals surface area (Å²) in [5.41, 5.74) is 12.3. The number of ketones is 1. The molecule has 4 rings (SSSR count). The number of unbranched alkanes of at least 4 members (excludes halogenated alkanes) is 1. The number of esters is 1. The highest BCUT2D eigenvalue weighted by atomic mass is 16.5. The molecule has 0 saturated heterocycles. The van der Waals surface area contributed by atoms with E-state index in [1.807, 2.05) is 0 Å². The van der Waals surface area contributed by atoms with E-state index < -0.39 is 12.0 Å². The minimum Gasteiger partial charge on any atom is -0.457 e. The van der Waals surface area contributed by atoms with E-state index >= 15 is 0 Å². The van der Waals surface area contributed by atoms with Gasteiger partial charge in [-0.15, -0.1) is 0 Å². The molecule has 4 fully saturated rings. The Hall–Kier alpha value is -0.940. The Balaban J connectivity index is 1.46. The molecule has 4 aliphatic rings. The Morgan fingerprint density at radius 2 is 1.66 bits per heavy atom. The number of ether oxygens (including phenoxy) is 1. The van der Waals surface area contributed by atoms with Crippen molar-refractivity contribution in [2.24, 2.45) is 56.8 Å². The maximum Gasteiger partial charge on any atom is 0.323 e. The van der Waals surface area contributed by atoms with Crippen LogP contribution in [0.2, 0.25) is 0 Å². The monoisotopic (exact) mass is 488 g/mol. The van der Waals surface area contributed by atoms with Gasteiger partial charge in [-0.1, -0.05) is 47.5 Å². The van der Waals surface area contributed by atoms with E-state index in [0.29, 0.717) is 18.4 Å². The number of fused-ring (bicyclic) bond motifs is 5. The fourth-order valence-corrected chi connectivity index (χ4v) is 9.97. The van der Waals surface area contributed by atoms with Gasteiger partial charge in [0.15, 0.2) is 5.78 Å². The molecule has 0 aliphatic heterocycles. The van der Waals surface area contributed by atoms with E-state index in [4.69, 9.17) is 16.2 Å². The maximum atomic E-state index is 13.5. The van der Waals surface area contributed by atoms with Gasteiger partial charge in [-0.2, -0.15) is 0 Å². The third kappa shape index (κ3) is 4.21. The van der Waals surface area contributed by atoms with Gasteiger partial charge in [0, 0.05) is 5.92 Å². The van der Waals surface area contributed by atoms with Gasteiger partial charge in [-0.05, 0) is 110 Å². The van der Waals surface area contributed by atoms with Crippen LogP contribution in [0.15, 0.2) is 0 Å². The first-order valence-electron chi connectivity index (χ1n) is 14.6. The van der Waals surface area contributed by atoms with Crippen molar-refractivity contribution in [1.82, 2.24) is 0 Å². The van der Waals surface area contributed by atoms with Gasteiger partial charge in [0.25, 0.3) is 0 Å². The molecule has 0 aromatic rings. The molecule has 0 bridgehead atoms. The van der Waals surface area contributed by atoms with Crippen LogP contribution in [0.1, 0.15) is 112 Å². The minimum absolute atomic E-state index is 0.0246. The number of hydrogen-bond acceptors (Lipinski definition) is 5.